The Kier molecular flexibility index (Phi) is 5.98. The summed E-state index contributed by atoms with van der Waals surface area (Å²) < 4.78 is 30.6. The number of ether oxygens (including phenoxy) is 1. The lowest BCUT2D eigenvalue weighted by Crippen LogP contribution is -2.35. The fraction of sp³-hybridized carbons (Fsp3) is 0.350. The Bertz CT molecular complexity index is 998. The number of amides is 1. The second-order valence-electron chi connectivity index (χ2n) is 7.04. The van der Waals surface area contributed by atoms with Crippen LogP contribution in [0.25, 0.3) is 0 Å². The molecule has 2 aromatic carbocycles. The molecule has 1 aliphatic heterocycles. The number of anilines is 1. The third-order valence-electron chi connectivity index (χ3n) is 4.72. The van der Waals surface area contributed by atoms with E-state index >= 15 is 0 Å². The van der Waals surface area contributed by atoms with Gasteiger partial charge in [0.2, 0.25) is 10.0 Å². The van der Waals surface area contributed by atoms with Gasteiger partial charge < -0.3 is 10.1 Å². The van der Waals surface area contributed by atoms with E-state index in [1.807, 2.05) is 32.0 Å². The maximum atomic E-state index is 12.2. The smallest absolute Gasteiger partial charge is 0.262 e. The fourth-order valence-electron chi connectivity index (χ4n) is 3.23. The van der Waals surface area contributed by atoms with Crippen molar-refractivity contribution in [1.82, 2.24) is 4.31 Å². The first-order valence-electron chi connectivity index (χ1n) is 8.90. The highest BCUT2D eigenvalue weighted by molar-refractivity contribution is 7.88. The highest BCUT2D eigenvalue weighted by Crippen LogP contribution is 2.26. The van der Waals surface area contributed by atoms with Crippen molar-refractivity contribution < 1.29 is 17.9 Å². The summed E-state index contributed by atoms with van der Waals surface area (Å²) in [5.74, 6) is 0.296. The molecular weight excluding hydrogens is 400 g/mol. The Morgan fingerprint density at radius 2 is 1.86 bits per heavy atom. The number of aryl methyl sites for hydroxylation is 2. The Morgan fingerprint density at radius 1 is 1.18 bits per heavy atom. The standard InChI is InChI=1S/C20H23ClN2O4S/c1-13-8-18(9-14(2)20(13)21)27-12-19(24)22-17-5-4-15-6-7-23(28(3,25)26)11-16(15)10-17/h4-5,8-10H,6-7,11-12H2,1-3H3,(H,22,24). The SMILES string of the molecule is Cc1cc(OCC(=O)Nc2ccc3c(c2)CN(S(C)(=O)=O)CC3)cc(C)c1Cl. The zero-order valence-electron chi connectivity index (χ0n) is 16.1. The van der Waals surface area contributed by atoms with E-state index in [4.69, 9.17) is 16.3 Å². The van der Waals surface area contributed by atoms with E-state index in [0.29, 0.717) is 36.0 Å². The number of rotatable bonds is 5. The van der Waals surface area contributed by atoms with E-state index in [-0.39, 0.29) is 12.5 Å². The quantitative estimate of drug-likeness (QED) is 0.802. The van der Waals surface area contributed by atoms with Gasteiger partial charge in [0.25, 0.3) is 5.91 Å². The summed E-state index contributed by atoms with van der Waals surface area (Å²) in [4.78, 5) is 12.2. The summed E-state index contributed by atoms with van der Waals surface area (Å²) in [6, 6.07) is 9.16. The maximum absolute atomic E-state index is 12.2. The van der Waals surface area contributed by atoms with Gasteiger partial charge in [0.1, 0.15) is 5.75 Å². The van der Waals surface area contributed by atoms with E-state index in [2.05, 4.69) is 5.32 Å². The number of nitrogens with zero attached hydrogens (tertiary/aromatic N) is 1. The van der Waals surface area contributed by atoms with Crippen molar-refractivity contribution in [3.05, 3.63) is 57.6 Å². The lowest BCUT2D eigenvalue weighted by Gasteiger charge is -2.27. The molecule has 0 saturated carbocycles. The molecular formula is C20H23ClN2O4S. The van der Waals surface area contributed by atoms with Crippen molar-refractivity contribution >= 4 is 33.2 Å². The molecule has 0 aliphatic carbocycles. The minimum Gasteiger partial charge on any atom is -0.484 e. The summed E-state index contributed by atoms with van der Waals surface area (Å²) in [6.07, 6.45) is 1.87. The van der Waals surface area contributed by atoms with Gasteiger partial charge >= 0.3 is 0 Å². The van der Waals surface area contributed by atoms with Crippen LogP contribution in [-0.2, 0) is 27.8 Å². The van der Waals surface area contributed by atoms with E-state index in [1.54, 1.807) is 12.1 Å². The molecule has 6 nitrogen and oxygen atoms in total. The van der Waals surface area contributed by atoms with Crippen LogP contribution in [0, 0.1) is 13.8 Å². The second-order valence-corrected chi connectivity index (χ2v) is 9.40. The number of halogens is 1. The lowest BCUT2D eigenvalue weighted by molar-refractivity contribution is -0.118. The highest BCUT2D eigenvalue weighted by atomic mass is 35.5. The van der Waals surface area contributed by atoms with Gasteiger partial charge in [-0.15, -0.1) is 0 Å². The van der Waals surface area contributed by atoms with Gasteiger partial charge in [-0.3, -0.25) is 4.79 Å². The predicted octanol–water partition coefficient (Wildman–Crippen LogP) is 3.29. The largest absolute Gasteiger partial charge is 0.484 e. The summed E-state index contributed by atoms with van der Waals surface area (Å²) >= 11 is 6.14. The van der Waals surface area contributed by atoms with Crippen molar-refractivity contribution in [3.63, 3.8) is 0 Å². The molecule has 3 rings (SSSR count). The van der Waals surface area contributed by atoms with Crippen LogP contribution >= 0.6 is 11.6 Å². The number of carbonyl (C=O) groups is 1. The number of nitrogens with one attached hydrogen (secondary N) is 1. The second kappa shape index (κ2) is 8.11. The number of hydrogen-bond acceptors (Lipinski definition) is 4. The molecule has 0 fully saturated rings. The summed E-state index contributed by atoms with van der Waals surface area (Å²) in [5, 5.41) is 3.49. The molecule has 28 heavy (non-hydrogen) atoms. The summed E-state index contributed by atoms with van der Waals surface area (Å²) in [5.41, 5.74) is 4.40. The van der Waals surface area contributed by atoms with E-state index in [1.165, 1.54) is 10.6 Å². The Labute approximate surface area is 170 Å². The molecule has 1 N–H and O–H groups in total. The average molecular weight is 423 g/mol. The Balaban J connectivity index is 1.64. The van der Waals surface area contributed by atoms with Crippen LogP contribution in [0.1, 0.15) is 22.3 Å². The topological polar surface area (TPSA) is 75.7 Å². The van der Waals surface area contributed by atoms with E-state index < -0.39 is 10.0 Å². The zero-order valence-corrected chi connectivity index (χ0v) is 17.7. The highest BCUT2D eigenvalue weighted by Gasteiger charge is 2.23. The molecule has 0 bridgehead atoms. The molecule has 1 heterocycles. The first-order valence-corrected chi connectivity index (χ1v) is 11.1. The molecule has 150 valence electrons. The minimum atomic E-state index is -3.24. The number of benzene rings is 2. The van der Waals surface area contributed by atoms with Gasteiger partial charge in [0.15, 0.2) is 6.61 Å². The Hall–Kier alpha value is -2.09. The van der Waals surface area contributed by atoms with Gasteiger partial charge in [0.05, 0.1) is 6.26 Å². The van der Waals surface area contributed by atoms with Crippen LogP contribution in [0.4, 0.5) is 5.69 Å². The van der Waals surface area contributed by atoms with Crippen molar-refractivity contribution in [1.29, 1.82) is 0 Å². The van der Waals surface area contributed by atoms with Crippen LogP contribution in [0.2, 0.25) is 5.02 Å². The number of sulfonamides is 1. The first kappa shape index (κ1) is 20.6. The number of hydrogen-bond donors (Lipinski definition) is 1. The maximum Gasteiger partial charge on any atom is 0.262 e. The van der Waals surface area contributed by atoms with Crippen LogP contribution in [0.15, 0.2) is 30.3 Å². The molecule has 0 unspecified atom stereocenters. The van der Waals surface area contributed by atoms with E-state index in [0.717, 1.165) is 22.3 Å². The summed E-state index contributed by atoms with van der Waals surface area (Å²) in [7, 11) is -3.24. The van der Waals surface area contributed by atoms with Crippen LogP contribution in [0.3, 0.4) is 0 Å². The summed E-state index contributed by atoms with van der Waals surface area (Å²) in [6.45, 7) is 4.43. The van der Waals surface area contributed by atoms with Gasteiger partial charge in [0, 0.05) is 23.8 Å². The Morgan fingerprint density at radius 3 is 2.50 bits per heavy atom. The lowest BCUT2D eigenvalue weighted by atomic mass is 10.0. The normalized spacial score (nSPS) is 14.4. The molecule has 0 spiro atoms. The van der Waals surface area contributed by atoms with Crippen LogP contribution in [-0.4, -0.2) is 38.0 Å². The molecule has 2 aromatic rings. The van der Waals surface area contributed by atoms with Crippen molar-refractivity contribution in [3.8, 4) is 5.75 Å². The first-order chi connectivity index (χ1) is 13.1. The number of carbonyl (C=O) groups excluding carboxylic acids is 1. The van der Waals surface area contributed by atoms with Crippen molar-refractivity contribution in [2.24, 2.45) is 0 Å². The third kappa shape index (κ3) is 4.84. The third-order valence-corrected chi connectivity index (χ3v) is 6.56. The predicted molar refractivity (Wildman–Crippen MR) is 110 cm³/mol. The van der Waals surface area contributed by atoms with Crippen molar-refractivity contribution in [2.75, 3.05) is 24.7 Å². The number of fused-ring (bicyclic) bond motifs is 1. The molecule has 0 atom stereocenters. The monoisotopic (exact) mass is 422 g/mol. The van der Waals surface area contributed by atoms with Crippen LogP contribution in [0.5, 0.6) is 5.75 Å². The molecule has 0 saturated heterocycles. The van der Waals surface area contributed by atoms with E-state index in [9.17, 15) is 13.2 Å². The van der Waals surface area contributed by atoms with Crippen LogP contribution < -0.4 is 10.1 Å². The van der Waals surface area contributed by atoms with Gasteiger partial charge in [-0.2, -0.15) is 4.31 Å². The fourth-order valence-corrected chi connectivity index (χ4v) is 4.13. The van der Waals surface area contributed by atoms with Gasteiger partial charge in [-0.05, 0) is 66.8 Å². The van der Waals surface area contributed by atoms with Gasteiger partial charge in [-0.25, -0.2) is 8.42 Å². The molecule has 1 amide bonds. The average Bonchev–Trinajstić information content (AvgIpc) is 2.63. The molecule has 0 radical (unpaired) electrons. The van der Waals surface area contributed by atoms with Crippen molar-refractivity contribution in [2.45, 2.75) is 26.8 Å². The molecule has 0 aromatic heterocycles. The van der Waals surface area contributed by atoms with Gasteiger partial charge in [-0.1, -0.05) is 17.7 Å². The molecule has 1 aliphatic rings. The minimum absolute atomic E-state index is 0.132. The molecule has 8 heteroatoms. The zero-order chi connectivity index (χ0) is 20.5.